The minimum atomic E-state index is -4.01. The van der Waals surface area contributed by atoms with Crippen LogP contribution in [0, 0.1) is 0 Å². The maximum atomic E-state index is 11.7. The zero-order valence-electron chi connectivity index (χ0n) is 10.6. The van der Waals surface area contributed by atoms with Crippen molar-refractivity contribution in [1.29, 1.82) is 0 Å². The van der Waals surface area contributed by atoms with Gasteiger partial charge in [-0.05, 0) is 26.7 Å². The predicted molar refractivity (Wildman–Crippen MR) is 65.1 cm³/mol. The molecule has 0 spiro atoms. The molecule has 1 aliphatic carbocycles. The smallest absolute Gasteiger partial charge is 0.422 e. The van der Waals surface area contributed by atoms with Gasteiger partial charge in [-0.15, -0.1) is 0 Å². The largest absolute Gasteiger partial charge is 0.446 e. The fourth-order valence-electron chi connectivity index (χ4n) is 2.00. The van der Waals surface area contributed by atoms with Crippen molar-refractivity contribution in [3.05, 3.63) is 0 Å². The van der Waals surface area contributed by atoms with Crippen LogP contribution in [0.25, 0.3) is 0 Å². The molecule has 0 aromatic heterocycles. The number of hydrogen-bond acceptors (Lipinski definition) is 5. The predicted octanol–water partition coefficient (Wildman–Crippen LogP) is 0.260. The second kappa shape index (κ2) is 5.85. The summed E-state index contributed by atoms with van der Waals surface area (Å²) in [6, 6.07) is 0. The molecule has 0 atom stereocenters. The van der Waals surface area contributed by atoms with Gasteiger partial charge in [0.25, 0.3) is 0 Å². The van der Waals surface area contributed by atoms with E-state index in [4.69, 9.17) is 0 Å². The van der Waals surface area contributed by atoms with Crippen molar-refractivity contribution in [2.45, 2.75) is 51.2 Å². The lowest BCUT2D eigenvalue weighted by Gasteiger charge is -2.27. The highest BCUT2D eigenvalue weighted by molar-refractivity contribution is 7.88. The monoisotopic (exact) mass is 280 g/mol. The molecule has 18 heavy (non-hydrogen) atoms. The van der Waals surface area contributed by atoms with Crippen LogP contribution >= 0.6 is 0 Å². The highest BCUT2D eigenvalue weighted by atomic mass is 32.2. The van der Waals surface area contributed by atoms with E-state index in [0.717, 1.165) is 12.8 Å². The Balaban J connectivity index is 2.61. The molecule has 0 aromatic rings. The van der Waals surface area contributed by atoms with Gasteiger partial charge < -0.3 is 9.84 Å². The third-order valence-corrected chi connectivity index (χ3v) is 3.91. The lowest BCUT2D eigenvalue weighted by molar-refractivity contribution is 0.121. The van der Waals surface area contributed by atoms with Crippen LogP contribution in [0.3, 0.4) is 0 Å². The summed E-state index contributed by atoms with van der Waals surface area (Å²) in [7, 11) is -4.01. The zero-order valence-corrected chi connectivity index (χ0v) is 11.4. The van der Waals surface area contributed by atoms with Gasteiger partial charge in [0, 0.05) is 0 Å². The van der Waals surface area contributed by atoms with Gasteiger partial charge in [0.1, 0.15) is 0 Å². The van der Waals surface area contributed by atoms with Crippen molar-refractivity contribution < 1.29 is 23.1 Å². The number of hydrogen-bond donors (Lipinski definition) is 3. The Morgan fingerprint density at radius 3 is 2.39 bits per heavy atom. The molecule has 8 heteroatoms. The fourth-order valence-corrected chi connectivity index (χ4v) is 3.16. The van der Waals surface area contributed by atoms with Gasteiger partial charge in [-0.1, -0.05) is 12.8 Å². The van der Waals surface area contributed by atoms with Crippen molar-refractivity contribution in [3.63, 3.8) is 0 Å². The van der Waals surface area contributed by atoms with Crippen LogP contribution in [0.4, 0.5) is 4.79 Å². The summed E-state index contributed by atoms with van der Waals surface area (Å²) in [6.07, 6.45) is 1.38. The number of aliphatic hydroxyl groups is 1. The minimum Gasteiger partial charge on any atom is -0.446 e. The van der Waals surface area contributed by atoms with Gasteiger partial charge in [0.05, 0.1) is 18.2 Å². The summed E-state index contributed by atoms with van der Waals surface area (Å²) in [5.41, 5.74) is -0.857. The SMILES string of the molecule is CC(C)OC(=O)NS(=O)(=O)NC1(CO)CCCC1. The van der Waals surface area contributed by atoms with Crippen LogP contribution < -0.4 is 9.44 Å². The summed E-state index contributed by atoms with van der Waals surface area (Å²) >= 11 is 0. The molecule has 3 N–H and O–H groups in total. The highest BCUT2D eigenvalue weighted by Gasteiger charge is 2.37. The molecule has 0 saturated heterocycles. The Morgan fingerprint density at radius 1 is 1.39 bits per heavy atom. The van der Waals surface area contributed by atoms with Gasteiger partial charge in [-0.25, -0.2) is 9.52 Å². The number of nitrogens with one attached hydrogen (secondary N) is 2. The summed E-state index contributed by atoms with van der Waals surface area (Å²) < 4.78 is 32.2. The fraction of sp³-hybridized carbons (Fsp3) is 0.900. The second-order valence-electron chi connectivity index (χ2n) is 4.81. The zero-order chi connectivity index (χ0) is 13.8. The standard InChI is InChI=1S/C10H20N2O5S/c1-8(2)17-9(14)11-18(15,16)12-10(7-13)5-3-4-6-10/h8,12-13H,3-7H2,1-2H3,(H,11,14). The summed E-state index contributed by atoms with van der Waals surface area (Å²) in [6.45, 7) is 2.95. The minimum absolute atomic E-state index is 0.285. The molecule has 0 bridgehead atoms. The molecular weight excluding hydrogens is 260 g/mol. The van der Waals surface area contributed by atoms with Crippen molar-refractivity contribution in [3.8, 4) is 0 Å². The quantitative estimate of drug-likeness (QED) is 0.670. The van der Waals surface area contributed by atoms with Crippen LogP contribution in [0.2, 0.25) is 0 Å². The number of aliphatic hydroxyl groups excluding tert-OH is 1. The van der Waals surface area contributed by atoms with Crippen molar-refractivity contribution in [2.75, 3.05) is 6.61 Å². The Labute approximate surface area is 107 Å². The molecule has 1 saturated carbocycles. The Bertz CT molecular complexity index is 387. The Hall–Kier alpha value is -0.860. The van der Waals surface area contributed by atoms with Crippen LogP contribution in [-0.2, 0) is 14.9 Å². The van der Waals surface area contributed by atoms with E-state index in [9.17, 15) is 18.3 Å². The molecule has 0 aromatic carbocycles. The second-order valence-corrected chi connectivity index (χ2v) is 6.22. The normalized spacial score (nSPS) is 18.9. The highest BCUT2D eigenvalue weighted by Crippen LogP contribution is 2.29. The topological polar surface area (TPSA) is 105 Å². The van der Waals surface area contributed by atoms with Crippen LogP contribution in [0.1, 0.15) is 39.5 Å². The molecule has 1 amide bonds. The van der Waals surface area contributed by atoms with E-state index in [-0.39, 0.29) is 6.61 Å². The first-order chi connectivity index (χ1) is 8.29. The molecule has 1 fully saturated rings. The Morgan fingerprint density at radius 2 is 1.94 bits per heavy atom. The van der Waals surface area contributed by atoms with E-state index >= 15 is 0 Å². The van der Waals surface area contributed by atoms with Crippen LogP contribution in [0.15, 0.2) is 0 Å². The number of rotatable bonds is 5. The van der Waals surface area contributed by atoms with Gasteiger partial charge in [-0.3, -0.25) is 0 Å². The molecule has 1 rings (SSSR count). The van der Waals surface area contributed by atoms with Gasteiger partial charge in [0.2, 0.25) is 0 Å². The molecule has 0 unspecified atom stereocenters. The van der Waals surface area contributed by atoms with E-state index in [1.165, 1.54) is 0 Å². The summed E-state index contributed by atoms with van der Waals surface area (Å²) in [5, 5.41) is 9.29. The van der Waals surface area contributed by atoms with E-state index in [1.54, 1.807) is 18.6 Å². The molecule has 106 valence electrons. The first-order valence-corrected chi connectivity index (χ1v) is 7.40. The number of carbonyl (C=O) groups excluding carboxylic acids is 1. The van der Waals surface area contributed by atoms with Crippen LogP contribution in [-0.4, -0.2) is 37.9 Å². The van der Waals surface area contributed by atoms with E-state index in [0.29, 0.717) is 12.8 Å². The average molecular weight is 280 g/mol. The molecule has 1 aliphatic rings. The first kappa shape index (κ1) is 15.2. The number of ether oxygens (including phenoxy) is 1. The van der Waals surface area contributed by atoms with Crippen LogP contribution in [0.5, 0.6) is 0 Å². The summed E-state index contributed by atoms with van der Waals surface area (Å²) in [5.74, 6) is 0. The Kier molecular flexibility index (Phi) is 4.94. The molecule has 0 heterocycles. The number of carbonyl (C=O) groups is 1. The number of amides is 1. The third-order valence-electron chi connectivity index (χ3n) is 2.77. The molecular formula is C10H20N2O5S. The molecule has 7 nitrogen and oxygen atoms in total. The lowest BCUT2D eigenvalue weighted by Crippen LogP contribution is -2.54. The van der Waals surface area contributed by atoms with Gasteiger partial charge in [-0.2, -0.15) is 13.1 Å². The maximum Gasteiger partial charge on any atom is 0.422 e. The van der Waals surface area contributed by atoms with Gasteiger partial charge >= 0.3 is 16.3 Å². The van der Waals surface area contributed by atoms with E-state index in [2.05, 4.69) is 9.46 Å². The average Bonchev–Trinajstić information content (AvgIpc) is 2.63. The van der Waals surface area contributed by atoms with E-state index in [1.807, 2.05) is 0 Å². The summed E-state index contributed by atoms with van der Waals surface area (Å²) in [4.78, 5) is 11.2. The maximum absolute atomic E-state index is 11.7. The van der Waals surface area contributed by atoms with Gasteiger partial charge in [0.15, 0.2) is 0 Å². The van der Waals surface area contributed by atoms with Crippen molar-refractivity contribution in [1.82, 2.24) is 9.44 Å². The molecule has 0 radical (unpaired) electrons. The van der Waals surface area contributed by atoms with Crippen molar-refractivity contribution in [2.24, 2.45) is 0 Å². The van der Waals surface area contributed by atoms with Crippen molar-refractivity contribution >= 4 is 16.3 Å². The van der Waals surface area contributed by atoms with E-state index < -0.39 is 27.9 Å². The lowest BCUT2D eigenvalue weighted by atomic mass is 10.0. The molecule has 0 aliphatic heterocycles. The third kappa shape index (κ3) is 4.43. The first-order valence-electron chi connectivity index (χ1n) is 5.92.